The van der Waals surface area contributed by atoms with Crippen LogP contribution >= 0.6 is 15.9 Å². The topological polar surface area (TPSA) is 29.5 Å². The van der Waals surface area contributed by atoms with Crippen LogP contribution in [0.1, 0.15) is 27.2 Å². The van der Waals surface area contributed by atoms with Gasteiger partial charge in [0.1, 0.15) is 6.54 Å². The molecule has 0 heterocycles. The summed E-state index contributed by atoms with van der Waals surface area (Å²) in [5.41, 5.74) is 0. The van der Waals surface area contributed by atoms with Crippen LogP contribution in [0.4, 0.5) is 13.2 Å². The maximum atomic E-state index is 12.4. The Balaban J connectivity index is 4.49. The molecule has 0 bridgehead atoms. The van der Waals surface area contributed by atoms with Crippen molar-refractivity contribution in [2.45, 2.75) is 37.7 Å². The van der Waals surface area contributed by atoms with Gasteiger partial charge in [-0.1, -0.05) is 15.9 Å². The van der Waals surface area contributed by atoms with Crippen molar-refractivity contribution in [2.75, 3.05) is 26.3 Å². The third-order valence-corrected chi connectivity index (χ3v) is 2.43. The summed E-state index contributed by atoms with van der Waals surface area (Å²) in [6.45, 7) is 4.53. The van der Waals surface area contributed by atoms with Crippen molar-refractivity contribution in [3.05, 3.63) is 0 Å². The van der Waals surface area contributed by atoms with Gasteiger partial charge in [0, 0.05) is 19.8 Å². The Morgan fingerprint density at radius 1 is 1.33 bits per heavy atom. The van der Waals surface area contributed by atoms with Gasteiger partial charge in [-0.15, -0.1) is 0 Å². The molecule has 0 aliphatic heterocycles. The first-order chi connectivity index (χ1) is 8.08. The summed E-state index contributed by atoms with van der Waals surface area (Å²) in [4.78, 5) is 12.7. The van der Waals surface area contributed by atoms with Crippen LogP contribution in [-0.2, 0) is 9.53 Å². The third kappa shape index (κ3) is 7.92. The van der Waals surface area contributed by atoms with Gasteiger partial charge in [-0.2, -0.15) is 13.2 Å². The van der Waals surface area contributed by atoms with Crippen molar-refractivity contribution >= 4 is 21.8 Å². The van der Waals surface area contributed by atoms with E-state index in [4.69, 9.17) is 4.74 Å². The number of hydrogen-bond acceptors (Lipinski definition) is 2. The van der Waals surface area contributed by atoms with Crippen molar-refractivity contribution < 1.29 is 22.7 Å². The fourth-order valence-corrected chi connectivity index (χ4v) is 1.60. The van der Waals surface area contributed by atoms with E-state index in [-0.39, 0.29) is 6.54 Å². The van der Waals surface area contributed by atoms with Crippen LogP contribution in [0.25, 0.3) is 0 Å². The van der Waals surface area contributed by atoms with Crippen LogP contribution in [0.5, 0.6) is 0 Å². The van der Waals surface area contributed by atoms with E-state index in [1.54, 1.807) is 6.92 Å². The molecule has 7 heteroatoms. The molecule has 0 N–H and O–H groups in total. The third-order valence-electron chi connectivity index (χ3n) is 2.09. The molecule has 0 rings (SSSR count). The van der Waals surface area contributed by atoms with Crippen LogP contribution in [0, 0.1) is 0 Å². The molecular weight excluding hydrogens is 315 g/mol. The van der Waals surface area contributed by atoms with E-state index in [1.165, 1.54) is 13.8 Å². The number of halogens is 4. The Kier molecular flexibility index (Phi) is 7.21. The van der Waals surface area contributed by atoms with Gasteiger partial charge in [0.2, 0.25) is 5.91 Å². The Morgan fingerprint density at radius 2 is 1.89 bits per heavy atom. The zero-order chi connectivity index (χ0) is 14.4. The highest BCUT2D eigenvalue weighted by atomic mass is 79.9. The zero-order valence-electron chi connectivity index (χ0n) is 10.8. The summed E-state index contributed by atoms with van der Waals surface area (Å²) >= 11 is 3.08. The smallest absolute Gasteiger partial charge is 0.382 e. The minimum Gasteiger partial charge on any atom is -0.382 e. The van der Waals surface area contributed by atoms with E-state index in [0.717, 1.165) is 4.90 Å². The summed E-state index contributed by atoms with van der Waals surface area (Å²) in [5.74, 6) is -0.573. The molecule has 3 nitrogen and oxygen atoms in total. The minimum absolute atomic E-state index is 0.0351. The van der Waals surface area contributed by atoms with E-state index in [2.05, 4.69) is 15.9 Å². The molecule has 18 heavy (non-hydrogen) atoms. The lowest BCUT2D eigenvalue weighted by Crippen LogP contribution is -2.46. The maximum absolute atomic E-state index is 12.4. The van der Waals surface area contributed by atoms with Gasteiger partial charge < -0.3 is 9.64 Å². The van der Waals surface area contributed by atoms with E-state index < -0.39 is 23.0 Å². The van der Waals surface area contributed by atoms with E-state index in [9.17, 15) is 18.0 Å². The quantitative estimate of drug-likeness (QED) is 0.529. The molecule has 1 amide bonds. The number of nitrogens with zero attached hydrogens (tertiary/aromatic N) is 1. The highest BCUT2D eigenvalue weighted by Gasteiger charge is 2.37. The second-order valence-corrected chi connectivity index (χ2v) is 6.35. The number of hydrogen-bond donors (Lipinski definition) is 0. The number of alkyl halides is 4. The second kappa shape index (κ2) is 7.33. The predicted molar refractivity (Wildman–Crippen MR) is 66.8 cm³/mol. The maximum Gasteiger partial charge on any atom is 0.406 e. The van der Waals surface area contributed by atoms with E-state index in [1.807, 2.05) is 0 Å². The molecule has 0 aliphatic rings. The summed E-state index contributed by atoms with van der Waals surface area (Å²) < 4.78 is 41.2. The SMILES string of the molecule is CCOCCCN(CC(F)(F)F)C(=O)C(C)(C)Br. The number of carbonyl (C=O) groups is 1. The Bertz CT molecular complexity index is 264. The molecule has 0 fully saturated rings. The Labute approximate surface area is 114 Å². The molecule has 0 aromatic carbocycles. The summed E-state index contributed by atoms with van der Waals surface area (Å²) in [6.07, 6.45) is -4.00. The van der Waals surface area contributed by atoms with Gasteiger partial charge in [0.25, 0.3) is 0 Å². The number of carbonyl (C=O) groups excluding carboxylic acids is 1. The van der Waals surface area contributed by atoms with Gasteiger partial charge in [0.15, 0.2) is 0 Å². The lowest BCUT2D eigenvalue weighted by molar-refractivity contribution is -0.162. The molecule has 0 spiro atoms. The lowest BCUT2D eigenvalue weighted by Gasteiger charge is -2.29. The predicted octanol–water partition coefficient (Wildman–Crippen LogP) is 2.98. The molecule has 0 saturated heterocycles. The van der Waals surface area contributed by atoms with Crippen LogP contribution in [0.15, 0.2) is 0 Å². The van der Waals surface area contributed by atoms with Crippen LogP contribution in [-0.4, -0.2) is 47.6 Å². The van der Waals surface area contributed by atoms with E-state index >= 15 is 0 Å². The molecule has 108 valence electrons. The highest BCUT2D eigenvalue weighted by Crippen LogP contribution is 2.23. The average Bonchev–Trinajstić information content (AvgIpc) is 2.18. The number of amides is 1. The first-order valence-electron chi connectivity index (χ1n) is 5.70. The lowest BCUT2D eigenvalue weighted by atomic mass is 10.2. The molecule has 0 aromatic rings. The van der Waals surface area contributed by atoms with Crippen LogP contribution < -0.4 is 0 Å². The fourth-order valence-electron chi connectivity index (χ4n) is 1.35. The summed E-state index contributed by atoms with van der Waals surface area (Å²) in [6, 6.07) is 0. The first-order valence-corrected chi connectivity index (χ1v) is 6.50. The molecule has 0 aliphatic carbocycles. The summed E-state index contributed by atoms with van der Waals surface area (Å²) in [5, 5.41) is 0. The van der Waals surface area contributed by atoms with Gasteiger partial charge in [-0.3, -0.25) is 4.79 Å². The largest absolute Gasteiger partial charge is 0.406 e. The van der Waals surface area contributed by atoms with Gasteiger partial charge in [-0.05, 0) is 27.2 Å². The van der Waals surface area contributed by atoms with Crippen molar-refractivity contribution in [2.24, 2.45) is 0 Å². The van der Waals surface area contributed by atoms with Crippen molar-refractivity contribution in [1.82, 2.24) is 4.90 Å². The molecule has 0 unspecified atom stereocenters. The van der Waals surface area contributed by atoms with Crippen LogP contribution in [0.3, 0.4) is 0 Å². The number of rotatable bonds is 7. The van der Waals surface area contributed by atoms with Crippen LogP contribution in [0.2, 0.25) is 0 Å². The normalized spacial score (nSPS) is 12.6. The molecular formula is C11H19BrF3NO2. The van der Waals surface area contributed by atoms with Gasteiger partial charge in [0.05, 0.1) is 4.32 Å². The Hall–Kier alpha value is -0.300. The fraction of sp³-hybridized carbons (Fsp3) is 0.909. The van der Waals surface area contributed by atoms with Crippen molar-refractivity contribution in [3.8, 4) is 0 Å². The number of ether oxygens (including phenoxy) is 1. The monoisotopic (exact) mass is 333 g/mol. The highest BCUT2D eigenvalue weighted by molar-refractivity contribution is 9.10. The standard InChI is InChI=1S/C11H19BrF3NO2/c1-4-18-7-5-6-16(8-11(13,14)15)9(17)10(2,3)12/h4-8H2,1-3H3. The van der Waals surface area contributed by atoms with Crippen molar-refractivity contribution in [3.63, 3.8) is 0 Å². The van der Waals surface area contributed by atoms with Crippen molar-refractivity contribution in [1.29, 1.82) is 0 Å². The molecule has 0 aromatic heterocycles. The van der Waals surface area contributed by atoms with E-state index in [0.29, 0.717) is 19.6 Å². The average molecular weight is 334 g/mol. The minimum atomic E-state index is -4.39. The zero-order valence-corrected chi connectivity index (χ0v) is 12.4. The first kappa shape index (κ1) is 17.7. The Morgan fingerprint density at radius 3 is 2.28 bits per heavy atom. The molecule has 0 atom stereocenters. The summed E-state index contributed by atoms with van der Waals surface area (Å²) in [7, 11) is 0. The second-order valence-electron chi connectivity index (χ2n) is 4.36. The molecule has 0 saturated carbocycles. The van der Waals surface area contributed by atoms with Gasteiger partial charge >= 0.3 is 6.18 Å². The molecule has 0 radical (unpaired) electrons. The van der Waals surface area contributed by atoms with Gasteiger partial charge in [-0.25, -0.2) is 0 Å².